The molecular weight excluding hydrogens is 514 g/mol. The van der Waals surface area contributed by atoms with E-state index >= 15 is 0 Å². The molecule has 0 saturated carbocycles. The second kappa shape index (κ2) is 9.88. The van der Waals surface area contributed by atoms with Crippen LogP contribution in [-0.2, 0) is 10.0 Å². The minimum Gasteiger partial charge on any atom is -0.454 e. The third-order valence-electron chi connectivity index (χ3n) is 6.95. The van der Waals surface area contributed by atoms with Gasteiger partial charge in [-0.2, -0.15) is 0 Å². The maximum Gasteiger partial charge on any atom is 0.255 e. The average Bonchev–Trinajstić information content (AvgIpc) is 2.79. The van der Waals surface area contributed by atoms with Crippen molar-refractivity contribution in [1.29, 1.82) is 0 Å². The first-order valence-corrected chi connectivity index (χ1v) is 14.0. The molecule has 2 heterocycles. The van der Waals surface area contributed by atoms with Gasteiger partial charge in [0.1, 0.15) is 11.6 Å². The summed E-state index contributed by atoms with van der Waals surface area (Å²) in [5.41, 5.74) is 0.956. The molecule has 10 heteroatoms. The van der Waals surface area contributed by atoms with Crippen molar-refractivity contribution in [1.82, 2.24) is 9.21 Å². The van der Waals surface area contributed by atoms with Crippen molar-refractivity contribution in [2.45, 2.75) is 39.5 Å². The van der Waals surface area contributed by atoms with Crippen molar-refractivity contribution in [3.8, 4) is 11.5 Å². The zero-order valence-corrected chi connectivity index (χ0v) is 22.3. The number of likely N-dealkylation sites (tertiary alicyclic amines) is 1. The molecule has 1 spiro atoms. The Morgan fingerprint density at radius 2 is 1.80 bits per heavy atom. The van der Waals surface area contributed by atoms with E-state index < -0.39 is 15.8 Å². The highest BCUT2D eigenvalue weighted by Gasteiger charge is 2.49. The molecular formula is C25H29Cl2FN2O4S. The molecule has 2 aromatic carbocycles. The predicted molar refractivity (Wildman–Crippen MR) is 136 cm³/mol. The molecule has 190 valence electrons. The SMILES string of the molecule is CCS(=O)(=O)N1CC2(CCN(C(=O)c3ccc(Cl)c(Oc4cc(F)cc(C(C)C)c4)c3Cl)CC2)C1. The van der Waals surface area contributed by atoms with Gasteiger partial charge in [-0.3, -0.25) is 4.79 Å². The van der Waals surface area contributed by atoms with E-state index in [1.54, 1.807) is 30.0 Å². The van der Waals surface area contributed by atoms with Gasteiger partial charge in [0, 0.05) is 37.7 Å². The Kier molecular flexibility index (Phi) is 7.40. The molecule has 0 aromatic heterocycles. The van der Waals surface area contributed by atoms with Crippen LogP contribution in [-0.4, -0.2) is 55.5 Å². The van der Waals surface area contributed by atoms with E-state index in [2.05, 4.69) is 0 Å². The number of rotatable bonds is 6. The maximum atomic E-state index is 14.1. The van der Waals surface area contributed by atoms with E-state index in [1.165, 1.54) is 16.4 Å². The van der Waals surface area contributed by atoms with E-state index in [4.69, 9.17) is 27.9 Å². The van der Waals surface area contributed by atoms with Gasteiger partial charge in [0.15, 0.2) is 5.75 Å². The van der Waals surface area contributed by atoms with Crippen LogP contribution in [0.2, 0.25) is 10.0 Å². The minimum absolute atomic E-state index is 0.0669. The van der Waals surface area contributed by atoms with Gasteiger partial charge in [-0.25, -0.2) is 17.1 Å². The van der Waals surface area contributed by atoms with E-state index in [0.717, 1.165) is 18.4 Å². The molecule has 1 amide bonds. The van der Waals surface area contributed by atoms with Crippen molar-refractivity contribution in [2.24, 2.45) is 5.41 Å². The highest BCUT2D eigenvalue weighted by Crippen LogP contribution is 2.43. The van der Waals surface area contributed by atoms with Crippen LogP contribution in [0.3, 0.4) is 0 Å². The normalized spacial score (nSPS) is 18.1. The van der Waals surface area contributed by atoms with Crippen LogP contribution < -0.4 is 4.74 Å². The van der Waals surface area contributed by atoms with Crippen molar-refractivity contribution < 1.29 is 22.3 Å². The number of hydrogen-bond donors (Lipinski definition) is 0. The van der Waals surface area contributed by atoms with Gasteiger partial charge in [-0.1, -0.05) is 37.0 Å². The highest BCUT2D eigenvalue weighted by molar-refractivity contribution is 7.89. The van der Waals surface area contributed by atoms with Gasteiger partial charge < -0.3 is 9.64 Å². The standard InChI is InChI=1S/C25H29Cl2FN2O4S/c1-4-35(32,33)30-14-25(15-30)7-9-29(10-8-25)24(31)20-5-6-21(26)23(22(20)27)34-19-12-17(16(2)3)11-18(28)13-19/h5-6,11-13,16H,4,7-10,14-15H2,1-3H3. The monoisotopic (exact) mass is 542 g/mol. The van der Waals surface area contributed by atoms with Crippen molar-refractivity contribution in [2.75, 3.05) is 31.9 Å². The van der Waals surface area contributed by atoms with Crippen LogP contribution in [0.15, 0.2) is 30.3 Å². The number of nitrogens with zero attached hydrogens (tertiary/aromatic N) is 2. The summed E-state index contributed by atoms with van der Waals surface area (Å²) in [5, 5.41) is 0.285. The van der Waals surface area contributed by atoms with E-state index in [1.807, 2.05) is 13.8 Å². The molecule has 2 aromatic rings. The summed E-state index contributed by atoms with van der Waals surface area (Å²) < 4.78 is 45.6. The van der Waals surface area contributed by atoms with Crippen molar-refractivity contribution >= 4 is 39.1 Å². The van der Waals surface area contributed by atoms with Crippen LogP contribution >= 0.6 is 23.2 Å². The molecule has 2 saturated heterocycles. The molecule has 0 unspecified atom stereocenters. The summed E-state index contributed by atoms with van der Waals surface area (Å²) in [4.78, 5) is 15.0. The number of halogens is 3. The van der Waals surface area contributed by atoms with Crippen LogP contribution in [0, 0.1) is 11.2 Å². The minimum atomic E-state index is -3.17. The van der Waals surface area contributed by atoms with Crippen LogP contribution in [0.1, 0.15) is 55.5 Å². The Morgan fingerprint density at radius 3 is 2.40 bits per heavy atom. The first-order chi connectivity index (χ1) is 16.4. The zero-order chi connectivity index (χ0) is 25.5. The molecule has 2 aliphatic heterocycles. The Labute approximate surface area is 216 Å². The molecule has 35 heavy (non-hydrogen) atoms. The van der Waals surface area contributed by atoms with Crippen LogP contribution in [0.5, 0.6) is 11.5 Å². The Balaban J connectivity index is 1.48. The average molecular weight is 543 g/mol. The second-order valence-electron chi connectivity index (χ2n) is 9.68. The fourth-order valence-corrected chi connectivity index (χ4v) is 6.47. The van der Waals surface area contributed by atoms with Gasteiger partial charge in [-0.15, -0.1) is 0 Å². The molecule has 0 bridgehead atoms. The molecule has 0 radical (unpaired) electrons. The largest absolute Gasteiger partial charge is 0.454 e. The fourth-order valence-electron chi connectivity index (χ4n) is 4.64. The molecule has 6 nitrogen and oxygen atoms in total. The molecule has 0 N–H and O–H groups in total. The molecule has 2 aliphatic rings. The number of hydrogen-bond acceptors (Lipinski definition) is 4. The second-order valence-corrected chi connectivity index (χ2v) is 12.7. The molecule has 2 fully saturated rings. The number of sulfonamides is 1. The van der Waals surface area contributed by atoms with E-state index in [-0.39, 0.29) is 50.1 Å². The fraction of sp³-hybridized carbons (Fsp3) is 0.480. The Bertz CT molecular complexity index is 1240. The first-order valence-electron chi connectivity index (χ1n) is 11.7. The summed E-state index contributed by atoms with van der Waals surface area (Å²) in [6.07, 6.45) is 1.45. The third-order valence-corrected chi connectivity index (χ3v) is 9.40. The van der Waals surface area contributed by atoms with Gasteiger partial charge in [-0.05, 0) is 55.5 Å². The lowest BCUT2D eigenvalue weighted by Crippen LogP contribution is -2.62. The van der Waals surface area contributed by atoms with Gasteiger partial charge in [0.2, 0.25) is 10.0 Å². The quantitative estimate of drug-likeness (QED) is 0.453. The van der Waals surface area contributed by atoms with E-state index in [9.17, 15) is 17.6 Å². The third kappa shape index (κ3) is 5.31. The predicted octanol–water partition coefficient (Wildman–Crippen LogP) is 5.94. The maximum absolute atomic E-state index is 14.1. The smallest absolute Gasteiger partial charge is 0.255 e. The topological polar surface area (TPSA) is 66.9 Å². The first kappa shape index (κ1) is 26.2. The summed E-state index contributed by atoms with van der Waals surface area (Å²) in [5.74, 6) is -0.133. The summed E-state index contributed by atoms with van der Waals surface area (Å²) in [6.45, 7) is 7.58. The lowest BCUT2D eigenvalue weighted by atomic mass is 9.73. The van der Waals surface area contributed by atoms with Gasteiger partial charge >= 0.3 is 0 Å². The summed E-state index contributed by atoms with van der Waals surface area (Å²) >= 11 is 12.9. The number of ether oxygens (including phenoxy) is 1. The molecule has 0 atom stereocenters. The van der Waals surface area contributed by atoms with Crippen molar-refractivity contribution in [3.63, 3.8) is 0 Å². The molecule has 0 aliphatic carbocycles. The molecule has 4 rings (SSSR count). The lowest BCUT2D eigenvalue weighted by Gasteiger charge is -2.53. The number of amides is 1. The van der Waals surface area contributed by atoms with E-state index in [0.29, 0.717) is 26.2 Å². The van der Waals surface area contributed by atoms with Gasteiger partial charge in [0.25, 0.3) is 5.91 Å². The number of carbonyl (C=O) groups excluding carboxylic acids is 1. The Morgan fingerprint density at radius 1 is 1.14 bits per heavy atom. The number of benzene rings is 2. The summed E-state index contributed by atoms with van der Waals surface area (Å²) in [7, 11) is -3.17. The Hall–Kier alpha value is -1.87. The number of carbonyl (C=O) groups is 1. The number of piperidine rings is 1. The van der Waals surface area contributed by atoms with Crippen LogP contribution in [0.25, 0.3) is 0 Å². The lowest BCUT2D eigenvalue weighted by molar-refractivity contribution is 0.00307. The summed E-state index contributed by atoms with van der Waals surface area (Å²) in [6, 6.07) is 7.53. The van der Waals surface area contributed by atoms with Crippen molar-refractivity contribution in [3.05, 3.63) is 57.3 Å². The van der Waals surface area contributed by atoms with Gasteiger partial charge in [0.05, 0.1) is 21.4 Å². The van der Waals surface area contributed by atoms with Crippen LogP contribution in [0.4, 0.5) is 4.39 Å². The highest BCUT2D eigenvalue weighted by atomic mass is 35.5. The zero-order valence-electron chi connectivity index (χ0n) is 20.0.